The molecule has 136 valence electrons. The molecule has 1 saturated heterocycles. The highest BCUT2D eigenvalue weighted by Gasteiger charge is 2.38. The van der Waals surface area contributed by atoms with Gasteiger partial charge in [-0.3, -0.25) is 9.59 Å². The van der Waals surface area contributed by atoms with Crippen LogP contribution in [-0.2, 0) is 16.0 Å². The Labute approximate surface area is 146 Å². The number of H-pyrrole nitrogens is 1. The van der Waals surface area contributed by atoms with Crippen LogP contribution in [0.15, 0.2) is 30.5 Å². The molecule has 1 fully saturated rings. The molecule has 7 nitrogen and oxygen atoms in total. The first-order valence-corrected chi connectivity index (χ1v) is 8.16. The quantitative estimate of drug-likeness (QED) is 0.715. The van der Waals surface area contributed by atoms with Crippen molar-refractivity contribution < 1.29 is 19.8 Å². The van der Waals surface area contributed by atoms with Crippen molar-refractivity contribution in [1.82, 2.24) is 14.8 Å². The number of likely N-dealkylation sites (tertiary alicyclic amines) is 1. The fourth-order valence-electron chi connectivity index (χ4n) is 3.34. The number of nitrogens with one attached hydrogen (secondary N) is 1. The van der Waals surface area contributed by atoms with E-state index in [1.54, 1.807) is 4.90 Å². The molecular formula is C18H25N3O4. The molecule has 1 atom stereocenters. The molecule has 1 amide bonds. The number of carbonyl (C=O) groups excluding carboxylic acids is 1. The average Bonchev–Trinajstić information content (AvgIpc) is 3.12. The van der Waals surface area contributed by atoms with Gasteiger partial charge in [-0.1, -0.05) is 18.2 Å². The SMILES string of the molecule is CN(C)CC1(O)CCN(C(=O)Cc2c[nH]c3ccccc23)C1.O=CO. The number of fused-ring (bicyclic) bond motifs is 1. The van der Waals surface area contributed by atoms with Crippen LogP contribution in [0, 0.1) is 0 Å². The van der Waals surface area contributed by atoms with E-state index in [2.05, 4.69) is 4.98 Å². The van der Waals surface area contributed by atoms with E-state index >= 15 is 0 Å². The Morgan fingerprint density at radius 2 is 2.08 bits per heavy atom. The summed E-state index contributed by atoms with van der Waals surface area (Å²) in [7, 11) is 3.88. The Morgan fingerprint density at radius 1 is 1.40 bits per heavy atom. The Bertz CT molecular complexity index is 728. The van der Waals surface area contributed by atoms with Gasteiger partial charge in [0.05, 0.1) is 18.6 Å². The highest BCUT2D eigenvalue weighted by Crippen LogP contribution is 2.24. The molecule has 1 unspecified atom stereocenters. The summed E-state index contributed by atoms with van der Waals surface area (Å²) >= 11 is 0. The van der Waals surface area contributed by atoms with Crippen LogP contribution < -0.4 is 0 Å². The predicted molar refractivity (Wildman–Crippen MR) is 95.4 cm³/mol. The molecule has 25 heavy (non-hydrogen) atoms. The van der Waals surface area contributed by atoms with E-state index in [0.29, 0.717) is 32.5 Å². The first-order valence-electron chi connectivity index (χ1n) is 8.16. The van der Waals surface area contributed by atoms with Crippen LogP contribution >= 0.6 is 0 Å². The summed E-state index contributed by atoms with van der Waals surface area (Å²) < 4.78 is 0. The molecular weight excluding hydrogens is 322 g/mol. The lowest BCUT2D eigenvalue weighted by atomic mass is 10.0. The number of rotatable bonds is 4. The maximum Gasteiger partial charge on any atom is 0.290 e. The monoisotopic (exact) mass is 347 g/mol. The fourth-order valence-corrected chi connectivity index (χ4v) is 3.34. The number of hydrogen-bond acceptors (Lipinski definition) is 4. The van der Waals surface area contributed by atoms with E-state index in [0.717, 1.165) is 16.5 Å². The standard InChI is InChI=1S/C17H23N3O2.CH2O2/c1-19(2)11-17(22)7-8-20(12-17)16(21)9-13-10-18-15-6-4-3-5-14(13)15;2-1-3/h3-6,10,18,22H,7-9,11-12H2,1-2H3;1H,(H,2,3). The first kappa shape index (κ1) is 19.0. The van der Waals surface area contributed by atoms with Crippen molar-refractivity contribution in [3.63, 3.8) is 0 Å². The number of carbonyl (C=O) groups is 2. The molecule has 1 aromatic carbocycles. The lowest BCUT2D eigenvalue weighted by molar-refractivity contribution is -0.130. The van der Waals surface area contributed by atoms with Crippen LogP contribution in [0.2, 0.25) is 0 Å². The molecule has 2 heterocycles. The first-order chi connectivity index (χ1) is 11.9. The van der Waals surface area contributed by atoms with Crippen LogP contribution in [0.25, 0.3) is 10.9 Å². The summed E-state index contributed by atoms with van der Waals surface area (Å²) in [4.78, 5) is 27.8. The molecule has 0 saturated carbocycles. The number of likely N-dealkylation sites (N-methyl/N-ethyl adjacent to an activating group) is 1. The number of aromatic nitrogens is 1. The summed E-state index contributed by atoms with van der Waals surface area (Å²) in [6.45, 7) is 1.39. The third kappa shape index (κ3) is 4.80. The van der Waals surface area contributed by atoms with Crippen molar-refractivity contribution in [1.29, 1.82) is 0 Å². The molecule has 0 spiro atoms. The Hall–Kier alpha value is -2.38. The van der Waals surface area contributed by atoms with Gasteiger partial charge in [0.1, 0.15) is 0 Å². The van der Waals surface area contributed by atoms with Crippen LogP contribution in [-0.4, -0.2) is 76.7 Å². The molecule has 2 aromatic rings. The van der Waals surface area contributed by atoms with Gasteiger partial charge >= 0.3 is 0 Å². The van der Waals surface area contributed by atoms with Gasteiger partial charge in [0.25, 0.3) is 6.47 Å². The lowest BCUT2D eigenvalue weighted by Crippen LogP contribution is -2.43. The zero-order valence-electron chi connectivity index (χ0n) is 14.6. The summed E-state index contributed by atoms with van der Waals surface area (Å²) in [5.74, 6) is 0.0828. The van der Waals surface area contributed by atoms with Gasteiger partial charge in [-0.25, -0.2) is 0 Å². The lowest BCUT2D eigenvalue weighted by Gasteiger charge is -2.26. The summed E-state index contributed by atoms with van der Waals surface area (Å²) in [6, 6.07) is 8.00. The second-order valence-electron chi connectivity index (χ2n) is 6.67. The highest BCUT2D eigenvalue weighted by atomic mass is 16.3. The predicted octanol–water partition coefficient (Wildman–Crippen LogP) is 0.936. The molecule has 1 aliphatic heterocycles. The number of aliphatic hydroxyl groups is 1. The van der Waals surface area contributed by atoms with Gasteiger partial charge in [0.2, 0.25) is 5.91 Å². The van der Waals surface area contributed by atoms with Crippen LogP contribution in [0.1, 0.15) is 12.0 Å². The van der Waals surface area contributed by atoms with Crippen molar-refractivity contribution in [3.05, 3.63) is 36.0 Å². The summed E-state index contributed by atoms with van der Waals surface area (Å²) in [5.41, 5.74) is 1.29. The van der Waals surface area contributed by atoms with Crippen molar-refractivity contribution in [2.45, 2.75) is 18.4 Å². The van der Waals surface area contributed by atoms with Crippen LogP contribution in [0.5, 0.6) is 0 Å². The molecule has 1 aliphatic rings. The van der Waals surface area contributed by atoms with E-state index in [-0.39, 0.29) is 12.4 Å². The Morgan fingerprint density at radius 3 is 2.76 bits per heavy atom. The van der Waals surface area contributed by atoms with Crippen LogP contribution in [0.4, 0.5) is 0 Å². The number of carboxylic acid groups (broad SMARTS) is 1. The van der Waals surface area contributed by atoms with Gasteiger partial charge < -0.3 is 25.0 Å². The van der Waals surface area contributed by atoms with Gasteiger partial charge in [0, 0.05) is 30.2 Å². The number of aromatic amines is 1. The topological polar surface area (TPSA) is 96.9 Å². The second kappa shape index (κ2) is 8.13. The van der Waals surface area contributed by atoms with Crippen molar-refractivity contribution in [3.8, 4) is 0 Å². The molecule has 1 aromatic heterocycles. The molecule has 0 radical (unpaired) electrons. The average molecular weight is 347 g/mol. The maximum atomic E-state index is 12.5. The molecule has 3 rings (SSSR count). The van der Waals surface area contributed by atoms with Crippen molar-refractivity contribution in [2.24, 2.45) is 0 Å². The minimum absolute atomic E-state index is 0.0828. The van der Waals surface area contributed by atoms with Crippen molar-refractivity contribution in [2.75, 3.05) is 33.7 Å². The Balaban J connectivity index is 0.000000701. The minimum atomic E-state index is -0.778. The zero-order chi connectivity index (χ0) is 18.4. The van der Waals surface area contributed by atoms with Gasteiger partial charge in [0.15, 0.2) is 0 Å². The molecule has 3 N–H and O–H groups in total. The Kier molecular flexibility index (Phi) is 6.17. The number of hydrogen-bond donors (Lipinski definition) is 3. The van der Waals surface area contributed by atoms with Gasteiger partial charge in [-0.05, 0) is 32.1 Å². The number of nitrogens with zero attached hydrogens (tertiary/aromatic N) is 2. The number of benzene rings is 1. The van der Waals surface area contributed by atoms with E-state index in [4.69, 9.17) is 9.90 Å². The van der Waals surface area contributed by atoms with E-state index in [1.807, 2.05) is 49.5 Å². The highest BCUT2D eigenvalue weighted by molar-refractivity contribution is 5.89. The molecule has 0 bridgehead atoms. The second-order valence-corrected chi connectivity index (χ2v) is 6.67. The normalized spacial score (nSPS) is 19.8. The molecule has 7 heteroatoms. The number of amides is 1. The minimum Gasteiger partial charge on any atom is -0.483 e. The number of para-hydroxylation sites is 1. The van der Waals surface area contributed by atoms with E-state index in [9.17, 15) is 9.90 Å². The third-order valence-electron chi connectivity index (χ3n) is 4.31. The van der Waals surface area contributed by atoms with Crippen molar-refractivity contribution >= 4 is 23.3 Å². The zero-order valence-corrected chi connectivity index (χ0v) is 14.6. The maximum absolute atomic E-state index is 12.5. The van der Waals surface area contributed by atoms with Gasteiger partial charge in [-0.2, -0.15) is 0 Å². The third-order valence-corrected chi connectivity index (χ3v) is 4.31. The number of β-amino-alcohol motifs (C(OH)–C–C–N with tert-alkyl or cyclic N) is 1. The smallest absolute Gasteiger partial charge is 0.290 e. The summed E-state index contributed by atoms with van der Waals surface area (Å²) in [5, 5.41) is 18.5. The fraction of sp³-hybridized carbons (Fsp3) is 0.444. The van der Waals surface area contributed by atoms with E-state index < -0.39 is 5.60 Å². The molecule has 0 aliphatic carbocycles. The van der Waals surface area contributed by atoms with Gasteiger partial charge in [-0.15, -0.1) is 0 Å². The van der Waals surface area contributed by atoms with Crippen LogP contribution in [0.3, 0.4) is 0 Å². The summed E-state index contributed by atoms with van der Waals surface area (Å²) in [6.07, 6.45) is 2.93. The largest absolute Gasteiger partial charge is 0.483 e. The van der Waals surface area contributed by atoms with E-state index in [1.165, 1.54) is 0 Å².